The molecule has 0 bridgehead atoms. The van der Waals surface area contributed by atoms with Crippen molar-refractivity contribution in [2.45, 2.75) is 31.0 Å². The van der Waals surface area contributed by atoms with Gasteiger partial charge in [0.15, 0.2) is 0 Å². The fraction of sp³-hybridized carbons (Fsp3) is 0.333. The number of carbonyl (C=O) groups is 2. The number of nitrogens with zero attached hydrogens (tertiary/aromatic N) is 3. The minimum atomic E-state index is -3.92. The molecule has 1 aromatic heterocycles. The van der Waals surface area contributed by atoms with E-state index in [-0.39, 0.29) is 21.3 Å². The molecule has 1 aliphatic heterocycles. The lowest BCUT2D eigenvalue weighted by atomic mass is 10.1. The highest BCUT2D eigenvalue weighted by Gasteiger charge is 2.24. The average Bonchev–Trinajstić information content (AvgIpc) is 3.16. The molecule has 2 aromatic rings. The van der Waals surface area contributed by atoms with Crippen LogP contribution >= 0.6 is 11.3 Å². The Bertz CT molecular complexity index is 970. The van der Waals surface area contributed by atoms with Gasteiger partial charge in [-0.25, -0.2) is 0 Å². The number of rotatable bonds is 5. The fourth-order valence-electron chi connectivity index (χ4n) is 2.64. The summed E-state index contributed by atoms with van der Waals surface area (Å²) in [4.78, 5) is 24.6. The van der Waals surface area contributed by atoms with E-state index >= 15 is 0 Å². The van der Waals surface area contributed by atoms with Crippen LogP contribution in [0.3, 0.4) is 0 Å². The maximum Gasteiger partial charge on any atom is 0.291 e. The highest BCUT2D eigenvalue weighted by atomic mass is 32.2. The molecule has 2 N–H and O–H groups in total. The van der Waals surface area contributed by atoms with Gasteiger partial charge in [-0.1, -0.05) is 11.3 Å². The highest BCUT2D eigenvalue weighted by molar-refractivity contribution is 7.94. The molecule has 1 saturated heterocycles. The zero-order valence-electron chi connectivity index (χ0n) is 14.1. The molecule has 0 spiro atoms. The molecule has 1 aliphatic rings. The van der Waals surface area contributed by atoms with Gasteiger partial charge in [0.05, 0.1) is 0 Å². The first kappa shape index (κ1) is 18.3. The number of anilines is 3. The number of hydrogen-bond donors (Lipinski definition) is 2. The van der Waals surface area contributed by atoms with Gasteiger partial charge in [0.2, 0.25) is 16.9 Å². The summed E-state index contributed by atoms with van der Waals surface area (Å²) in [5.41, 5.74) is 1.92. The quantitative estimate of drug-likeness (QED) is 0.744. The Labute approximate surface area is 154 Å². The number of amides is 2. The average molecular weight is 395 g/mol. The minimum Gasteiger partial charge on any atom is -0.312 e. The van der Waals surface area contributed by atoms with Gasteiger partial charge in [0.1, 0.15) is 0 Å². The van der Waals surface area contributed by atoms with Crippen molar-refractivity contribution in [3.05, 3.63) is 23.8 Å². The van der Waals surface area contributed by atoms with Crippen LogP contribution in [0.2, 0.25) is 0 Å². The summed E-state index contributed by atoms with van der Waals surface area (Å²) in [5.74, 6) is -0.290. The van der Waals surface area contributed by atoms with Gasteiger partial charge < -0.3 is 10.2 Å². The molecule has 0 radical (unpaired) electrons. The molecular weight excluding hydrogens is 378 g/mol. The standard InChI is InChI=1S/C15H17N5O4S2/c1-9-8-11(5-6-12(9)20-7-3-4-13(20)22)19-26(23,24)15-18-17-14(25-15)16-10(2)21/h5-6,8,19H,3-4,7H2,1-2H3,(H,16,17,21). The van der Waals surface area contributed by atoms with E-state index in [1.807, 2.05) is 6.92 Å². The largest absolute Gasteiger partial charge is 0.312 e. The number of aryl methyl sites for hydroxylation is 1. The topological polar surface area (TPSA) is 121 Å². The van der Waals surface area contributed by atoms with Crippen LogP contribution in [-0.2, 0) is 19.6 Å². The smallest absolute Gasteiger partial charge is 0.291 e. The normalized spacial score (nSPS) is 14.5. The van der Waals surface area contributed by atoms with Gasteiger partial charge in [0, 0.05) is 31.3 Å². The van der Waals surface area contributed by atoms with Crippen molar-refractivity contribution in [2.24, 2.45) is 0 Å². The molecule has 0 unspecified atom stereocenters. The predicted molar refractivity (Wildman–Crippen MR) is 97.8 cm³/mol. The molecule has 3 rings (SSSR count). The molecule has 0 aliphatic carbocycles. The van der Waals surface area contributed by atoms with Crippen molar-refractivity contribution in [3.8, 4) is 0 Å². The lowest BCUT2D eigenvalue weighted by molar-refractivity contribution is -0.117. The van der Waals surface area contributed by atoms with Gasteiger partial charge in [-0.05, 0) is 37.1 Å². The summed E-state index contributed by atoms with van der Waals surface area (Å²) < 4.78 is 27.0. The molecule has 11 heteroatoms. The maximum absolute atomic E-state index is 12.4. The molecule has 0 saturated carbocycles. The molecule has 2 heterocycles. The highest BCUT2D eigenvalue weighted by Crippen LogP contribution is 2.29. The van der Waals surface area contributed by atoms with Crippen LogP contribution in [0.15, 0.2) is 22.5 Å². The van der Waals surface area contributed by atoms with E-state index in [0.717, 1.165) is 29.0 Å². The molecule has 138 valence electrons. The molecule has 1 fully saturated rings. The van der Waals surface area contributed by atoms with Crippen LogP contribution in [0.1, 0.15) is 25.3 Å². The molecule has 1 aromatic carbocycles. The van der Waals surface area contributed by atoms with Crippen LogP contribution in [0.25, 0.3) is 0 Å². The van der Waals surface area contributed by atoms with Crippen LogP contribution in [-0.4, -0.2) is 37.0 Å². The SMILES string of the molecule is CC(=O)Nc1nnc(S(=O)(=O)Nc2ccc(N3CCCC3=O)c(C)c2)s1. The van der Waals surface area contributed by atoms with Crippen LogP contribution in [0, 0.1) is 6.92 Å². The van der Waals surface area contributed by atoms with Gasteiger partial charge in [-0.3, -0.25) is 14.3 Å². The van der Waals surface area contributed by atoms with Crippen molar-refractivity contribution in [1.82, 2.24) is 10.2 Å². The summed E-state index contributed by atoms with van der Waals surface area (Å²) in [7, 11) is -3.92. The number of aromatic nitrogens is 2. The molecule has 2 amide bonds. The number of carbonyl (C=O) groups excluding carboxylic acids is 2. The maximum atomic E-state index is 12.4. The van der Waals surface area contributed by atoms with E-state index in [1.165, 1.54) is 6.92 Å². The second kappa shape index (κ2) is 7.00. The van der Waals surface area contributed by atoms with Crippen LogP contribution < -0.4 is 14.9 Å². The van der Waals surface area contributed by atoms with Crippen LogP contribution in [0.4, 0.5) is 16.5 Å². The Balaban J connectivity index is 1.79. The van der Waals surface area contributed by atoms with Crippen molar-refractivity contribution in [3.63, 3.8) is 0 Å². The third-order valence-corrected chi connectivity index (χ3v) is 6.32. The lowest BCUT2D eigenvalue weighted by Gasteiger charge is -2.19. The Morgan fingerprint density at radius 3 is 2.69 bits per heavy atom. The minimum absolute atomic E-state index is 0.0702. The van der Waals surface area contributed by atoms with E-state index in [9.17, 15) is 18.0 Å². The summed E-state index contributed by atoms with van der Waals surface area (Å²) in [6, 6.07) is 4.98. The molecule has 26 heavy (non-hydrogen) atoms. The summed E-state index contributed by atoms with van der Waals surface area (Å²) in [6.07, 6.45) is 1.35. The third kappa shape index (κ3) is 3.83. The number of hydrogen-bond acceptors (Lipinski definition) is 7. The van der Waals surface area contributed by atoms with Crippen molar-refractivity contribution in [1.29, 1.82) is 0 Å². The first-order chi connectivity index (χ1) is 12.3. The third-order valence-electron chi connectivity index (χ3n) is 3.73. The zero-order chi connectivity index (χ0) is 18.9. The van der Waals surface area contributed by atoms with Gasteiger partial charge in [0.25, 0.3) is 14.4 Å². The van der Waals surface area contributed by atoms with Gasteiger partial charge in [-0.15, -0.1) is 10.2 Å². The summed E-state index contributed by atoms with van der Waals surface area (Å²) >= 11 is 0.758. The number of sulfonamides is 1. The number of benzene rings is 1. The van der Waals surface area contributed by atoms with E-state index in [2.05, 4.69) is 20.2 Å². The molecular formula is C15H17N5O4S2. The second-order valence-corrected chi connectivity index (χ2v) is 8.64. The summed E-state index contributed by atoms with van der Waals surface area (Å²) in [5, 5.41) is 9.73. The molecule has 0 atom stereocenters. The van der Waals surface area contributed by atoms with E-state index in [4.69, 9.17) is 0 Å². The monoisotopic (exact) mass is 395 g/mol. The van der Waals surface area contributed by atoms with Crippen LogP contribution in [0.5, 0.6) is 0 Å². The van der Waals surface area contributed by atoms with Crippen molar-refractivity contribution >= 4 is 49.7 Å². The molecule has 9 nitrogen and oxygen atoms in total. The lowest BCUT2D eigenvalue weighted by Crippen LogP contribution is -2.24. The Hall–Kier alpha value is -2.53. The first-order valence-electron chi connectivity index (χ1n) is 7.81. The Kier molecular flexibility index (Phi) is 4.92. The van der Waals surface area contributed by atoms with Crippen molar-refractivity contribution in [2.75, 3.05) is 21.5 Å². The fourth-order valence-corrected chi connectivity index (χ4v) is 4.64. The van der Waals surface area contributed by atoms with Gasteiger partial charge in [-0.2, -0.15) is 8.42 Å². The zero-order valence-corrected chi connectivity index (χ0v) is 15.8. The Morgan fingerprint density at radius 1 is 1.31 bits per heavy atom. The second-order valence-electron chi connectivity index (χ2n) is 5.81. The van der Waals surface area contributed by atoms with Crippen molar-refractivity contribution < 1.29 is 18.0 Å². The predicted octanol–water partition coefficient (Wildman–Crippen LogP) is 1.73. The van der Waals surface area contributed by atoms with E-state index < -0.39 is 10.0 Å². The summed E-state index contributed by atoms with van der Waals surface area (Å²) in [6.45, 7) is 3.78. The Morgan fingerprint density at radius 2 is 2.08 bits per heavy atom. The van der Waals surface area contributed by atoms with E-state index in [1.54, 1.807) is 23.1 Å². The first-order valence-corrected chi connectivity index (χ1v) is 10.1. The number of nitrogens with one attached hydrogen (secondary N) is 2. The van der Waals surface area contributed by atoms with Gasteiger partial charge >= 0.3 is 0 Å². The van der Waals surface area contributed by atoms with E-state index in [0.29, 0.717) is 18.7 Å².